The van der Waals surface area contributed by atoms with Gasteiger partial charge in [-0.1, -0.05) is 32.0 Å². The average Bonchev–Trinajstić information content (AvgIpc) is 2.84. The van der Waals surface area contributed by atoms with Crippen LogP contribution in [0.2, 0.25) is 0 Å². The zero-order valence-electron chi connectivity index (χ0n) is 12.4. The summed E-state index contributed by atoms with van der Waals surface area (Å²) in [5.41, 5.74) is 1.25. The lowest BCUT2D eigenvalue weighted by molar-refractivity contribution is 0.320. The highest BCUT2D eigenvalue weighted by atomic mass is 32.2. The van der Waals surface area contributed by atoms with Crippen LogP contribution in [-0.4, -0.2) is 22.8 Å². The fourth-order valence-electron chi connectivity index (χ4n) is 3.23. The van der Waals surface area contributed by atoms with E-state index in [4.69, 9.17) is 0 Å². The van der Waals surface area contributed by atoms with E-state index in [1.165, 1.54) is 35.2 Å². The maximum atomic E-state index is 3.67. The van der Waals surface area contributed by atoms with Gasteiger partial charge in [0.25, 0.3) is 0 Å². The Balaban J connectivity index is 1.76. The number of aromatic amines is 1. The first-order chi connectivity index (χ1) is 9.76. The van der Waals surface area contributed by atoms with Crippen LogP contribution >= 0.6 is 11.8 Å². The summed E-state index contributed by atoms with van der Waals surface area (Å²) in [5, 5.41) is 6.99. The molecule has 3 heteroatoms. The Morgan fingerprint density at radius 3 is 2.95 bits per heavy atom. The first kappa shape index (κ1) is 14.0. The zero-order valence-corrected chi connectivity index (χ0v) is 13.2. The normalized spacial score (nSPS) is 27.0. The van der Waals surface area contributed by atoms with Crippen LogP contribution < -0.4 is 5.32 Å². The maximum Gasteiger partial charge on any atom is 0.0735 e. The molecule has 1 aromatic carbocycles. The Morgan fingerprint density at radius 1 is 1.30 bits per heavy atom. The Bertz CT molecular complexity index is 530. The molecule has 20 heavy (non-hydrogen) atoms. The third kappa shape index (κ3) is 3.04. The summed E-state index contributed by atoms with van der Waals surface area (Å²) in [5.74, 6) is 0.854. The van der Waals surface area contributed by atoms with E-state index in [1.807, 2.05) is 11.8 Å². The van der Waals surface area contributed by atoms with Gasteiger partial charge in [0, 0.05) is 22.2 Å². The second-order valence-electron chi connectivity index (χ2n) is 5.96. The lowest BCUT2D eigenvalue weighted by atomic mass is 9.87. The van der Waals surface area contributed by atoms with Crippen LogP contribution in [-0.2, 0) is 0 Å². The van der Waals surface area contributed by atoms with Gasteiger partial charge in [-0.15, -0.1) is 11.8 Å². The van der Waals surface area contributed by atoms with Crippen LogP contribution in [0.5, 0.6) is 0 Å². The summed E-state index contributed by atoms with van der Waals surface area (Å²) in [7, 11) is 0. The number of H-pyrrole nitrogens is 1. The number of fused-ring (bicyclic) bond motifs is 1. The van der Waals surface area contributed by atoms with Crippen molar-refractivity contribution >= 4 is 22.7 Å². The predicted octanol–water partition coefficient (Wildman–Crippen LogP) is 4.43. The number of thioether (sulfide) groups is 1. The summed E-state index contributed by atoms with van der Waals surface area (Å²) in [6.07, 6.45) is 3.99. The van der Waals surface area contributed by atoms with E-state index in [2.05, 4.69) is 54.5 Å². The number of hydrogen-bond donors (Lipinski definition) is 2. The molecule has 1 aliphatic rings. The Kier molecular flexibility index (Phi) is 4.37. The molecule has 0 radical (unpaired) electrons. The minimum absolute atomic E-state index is 0.660. The third-order valence-corrected chi connectivity index (χ3v) is 5.60. The van der Waals surface area contributed by atoms with Crippen molar-refractivity contribution < 1.29 is 0 Å². The predicted molar refractivity (Wildman–Crippen MR) is 88.4 cm³/mol. The number of nitrogens with one attached hydrogen (secondary N) is 2. The second kappa shape index (κ2) is 6.23. The van der Waals surface area contributed by atoms with Gasteiger partial charge in [0.1, 0.15) is 0 Å². The first-order valence-corrected chi connectivity index (χ1v) is 8.62. The van der Waals surface area contributed by atoms with Crippen LogP contribution in [0.15, 0.2) is 35.4 Å². The highest BCUT2D eigenvalue weighted by Gasteiger charge is 2.29. The van der Waals surface area contributed by atoms with Gasteiger partial charge in [-0.05, 0) is 43.9 Å². The van der Waals surface area contributed by atoms with Crippen LogP contribution in [0.25, 0.3) is 10.9 Å². The molecule has 0 spiro atoms. The summed E-state index contributed by atoms with van der Waals surface area (Å²) >= 11 is 2.02. The molecule has 3 unspecified atom stereocenters. The van der Waals surface area contributed by atoms with Crippen molar-refractivity contribution in [3.63, 3.8) is 0 Å². The standard InChI is InChI=1S/C17H24N2S/c1-3-18-15-9-8-12(2)10-16(15)20-17-11-13-6-4-5-7-14(13)19-17/h4-7,11-12,15-16,18-19H,3,8-10H2,1-2H3. The van der Waals surface area contributed by atoms with Gasteiger partial charge >= 0.3 is 0 Å². The number of rotatable bonds is 4. The lowest BCUT2D eigenvalue weighted by Crippen LogP contribution is -2.42. The van der Waals surface area contributed by atoms with Crippen molar-refractivity contribution in [1.82, 2.24) is 10.3 Å². The number of benzene rings is 1. The van der Waals surface area contributed by atoms with Crippen molar-refractivity contribution in [2.45, 2.75) is 49.4 Å². The molecule has 1 saturated carbocycles. The zero-order chi connectivity index (χ0) is 13.9. The molecule has 3 rings (SSSR count). The molecule has 108 valence electrons. The molecule has 0 aliphatic heterocycles. The van der Waals surface area contributed by atoms with Crippen molar-refractivity contribution in [2.24, 2.45) is 5.92 Å². The van der Waals surface area contributed by atoms with E-state index in [-0.39, 0.29) is 0 Å². The van der Waals surface area contributed by atoms with E-state index in [9.17, 15) is 0 Å². The summed E-state index contributed by atoms with van der Waals surface area (Å²) < 4.78 is 0. The van der Waals surface area contributed by atoms with Crippen LogP contribution in [0.4, 0.5) is 0 Å². The topological polar surface area (TPSA) is 27.8 Å². The summed E-state index contributed by atoms with van der Waals surface area (Å²) in [6.45, 7) is 5.67. The van der Waals surface area contributed by atoms with Gasteiger partial charge in [-0.3, -0.25) is 0 Å². The van der Waals surface area contributed by atoms with Crippen LogP contribution in [0.1, 0.15) is 33.1 Å². The van der Waals surface area contributed by atoms with Gasteiger partial charge in [-0.2, -0.15) is 0 Å². The Hall–Kier alpha value is -0.930. The quantitative estimate of drug-likeness (QED) is 0.871. The first-order valence-electron chi connectivity index (χ1n) is 7.74. The van der Waals surface area contributed by atoms with Gasteiger partial charge in [-0.25, -0.2) is 0 Å². The maximum absolute atomic E-state index is 3.67. The van der Waals surface area contributed by atoms with Gasteiger partial charge in [0.15, 0.2) is 0 Å². The molecule has 1 heterocycles. The van der Waals surface area contributed by atoms with Gasteiger partial charge in [0.05, 0.1) is 5.03 Å². The molecule has 1 aliphatic carbocycles. The minimum atomic E-state index is 0.660. The van der Waals surface area contributed by atoms with Crippen molar-refractivity contribution in [3.8, 4) is 0 Å². The Morgan fingerprint density at radius 2 is 2.15 bits per heavy atom. The summed E-state index contributed by atoms with van der Waals surface area (Å²) in [4.78, 5) is 3.56. The van der Waals surface area contributed by atoms with Crippen LogP contribution in [0, 0.1) is 5.92 Å². The molecule has 0 bridgehead atoms. The van der Waals surface area contributed by atoms with Crippen molar-refractivity contribution in [3.05, 3.63) is 30.3 Å². The number of hydrogen-bond acceptors (Lipinski definition) is 2. The minimum Gasteiger partial charge on any atom is -0.350 e. The molecular formula is C17H24N2S. The lowest BCUT2D eigenvalue weighted by Gasteiger charge is -2.34. The molecule has 3 atom stereocenters. The van der Waals surface area contributed by atoms with Gasteiger partial charge < -0.3 is 10.3 Å². The molecule has 1 fully saturated rings. The number of para-hydroxylation sites is 1. The molecule has 0 saturated heterocycles. The van der Waals surface area contributed by atoms with Crippen molar-refractivity contribution in [2.75, 3.05) is 6.54 Å². The molecule has 2 aromatic rings. The molecule has 2 N–H and O–H groups in total. The fourth-order valence-corrected chi connectivity index (χ4v) is 4.74. The van der Waals surface area contributed by atoms with E-state index in [0.29, 0.717) is 11.3 Å². The molecule has 1 aromatic heterocycles. The average molecular weight is 288 g/mol. The summed E-state index contributed by atoms with van der Waals surface area (Å²) in [6, 6.07) is 11.5. The van der Waals surface area contributed by atoms with E-state index in [0.717, 1.165) is 12.5 Å². The SMILES string of the molecule is CCNC1CCC(C)CC1Sc1cc2ccccc2[nH]1. The highest BCUT2D eigenvalue weighted by Crippen LogP contribution is 2.37. The van der Waals surface area contributed by atoms with E-state index in [1.54, 1.807) is 0 Å². The molecule has 2 nitrogen and oxygen atoms in total. The van der Waals surface area contributed by atoms with E-state index >= 15 is 0 Å². The van der Waals surface area contributed by atoms with Crippen molar-refractivity contribution in [1.29, 1.82) is 0 Å². The smallest absolute Gasteiger partial charge is 0.0735 e. The second-order valence-corrected chi connectivity index (χ2v) is 7.24. The fraction of sp³-hybridized carbons (Fsp3) is 0.529. The van der Waals surface area contributed by atoms with Crippen LogP contribution in [0.3, 0.4) is 0 Å². The third-order valence-electron chi connectivity index (χ3n) is 4.30. The monoisotopic (exact) mass is 288 g/mol. The molecule has 0 amide bonds. The van der Waals surface area contributed by atoms with E-state index < -0.39 is 0 Å². The largest absolute Gasteiger partial charge is 0.350 e. The number of aromatic nitrogens is 1. The van der Waals surface area contributed by atoms with Gasteiger partial charge in [0.2, 0.25) is 0 Å². The highest BCUT2D eigenvalue weighted by molar-refractivity contribution is 7.99. The molecular weight excluding hydrogens is 264 g/mol. The Labute approximate surface area is 125 Å².